The van der Waals surface area contributed by atoms with E-state index >= 15 is 0 Å². The summed E-state index contributed by atoms with van der Waals surface area (Å²) < 4.78 is 0. The van der Waals surface area contributed by atoms with Crippen molar-refractivity contribution in [3.8, 4) is 0 Å². The van der Waals surface area contributed by atoms with E-state index in [1.807, 2.05) is 13.8 Å². The molecule has 0 spiro atoms. The van der Waals surface area contributed by atoms with Gasteiger partial charge in [-0.3, -0.25) is 0 Å². The van der Waals surface area contributed by atoms with Gasteiger partial charge in [0.2, 0.25) is 0 Å². The highest BCUT2D eigenvalue weighted by Crippen LogP contribution is 1.87. The molecule has 0 bridgehead atoms. The number of nitrogens with zero attached hydrogens (tertiary/aromatic N) is 1. The molecular weight excluding hydrogens is 122 g/mol. The molecular formula is C9H23N. The zero-order chi connectivity index (χ0) is 8.41. The summed E-state index contributed by atoms with van der Waals surface area (Å²) in [6.07, 6.45) is 1.28. The van der Waals surface area contributed by atoms with Crippen molar-refractivity contribution in [3.05, 3.63) is 0 Å². The maximum absolute atomic E-state index is 2.43. The Morgan fingerprint density at radius 3 is 1.40 bits per heavy atom. The van der Waals surface area contributed by atoms with Crippen molar-refractivity contribution in [3.63, 3.8) is 0 Å². The van der Waals surface area contributed by atoms with Crippen molar-refractivity contribution < 1.29 is 0 Å². The Morgan fingerprint density at radius 1 is 0.900 bits per heavy atom. The van der Waals surface area contributed by atoms with E-state index in [9.17, 15) is 0 Å². The summed E-state index contributed by atoms with van der Waals surface area (Å²) in [4.78, 5) is 2.43. The smallest absolute Gasteiger partial charge is 0.00216 e. The van der Waals surface area contributed by atoms with Gasteiger partial charge in [-0.15, -0.1) is 0 Å². The Morgan fingerprint density at radius 2 is 1.30 bits per heavy atom. The van der Waals surface area contributed by atoms with Crippen LogP contribution in [0.5, 0.6) is 0 Å². The molecule has 0 aromatic carbocycles. The van der Waals surface area contributed by atoms with Crippen LogP contribution in [0.1, 0.15) is 41.0 Å². The van der Waals surface area contributed by atoms with Crippen molar-refractivity contribution in [1.29, 1.82) is 0 Å². The Bertz CT molecular complexity index is 40.0. The van der Waals surface area contributed by atoms with Gasteiger partial charge >= 0.3 is 0 Å². The fourth-order valence-electron chi connectivity index (χ4n) is 0.856. The first kappa shape index (κ1) is 12.6. The molecule has 10 heavy (non-hydrogen) atoms. The van der Waals surface area contributed by atoms with Crippen LogP contribution in [-0.2, 0) is 0 Å². The zero-order valence-electron chi connectivity index (χ0n) is 8.28. The van der Waals surface area contributed by atoms with E-state index in [0.29, 0.717) is 0 Å². The number of hydrogen-bond acceptors (Lipinski definition) is 1. The van der Waals surface area contributed by atoms with Crippen molar-refractivity contribution >= 4 is 0 Å². The van der Waals surface area contributed by atoms with Gasteiger partial charge in [-0.2, -0.15) is 0 Å². The standard InChI is InChI=1S/C7H17N.C2H6/c1-4-7-8(5-2)6-3;1-2/h4-7H2,1-3H3;1-2H3. The molecule has 1 nitrogen and oxygen atoms in total. The lowest BCUT2D eigenvalue weighted by Gasteiger charge is -2.15. The Labute approximate surface area is 66.4 Å². The SMILES string of the molecule is CC.CCCN(CC)CC. The van der Waals surface area contributed by atoms with E-state index in [1.165, 1.54) is 26.1 Å². The van der Waals surface area contributed by atoms with Crippen molar-refractivity contribution in [2.24, 2.45) is 0 Å². The molecule has 0 N–H and O–H groups in total. The molecule has 0 aromatic rings. The first-order valence-corrected chi connectivity index (χ1v) is 4.57. The highest BCUT2D eigenvalue weighted by molar-refractivity contribution is 4.47. The lowest BCUT2D eigenvalue weighted by atomic mass is 10.4. The van der Waals surface area contributed by atoms with Crippen LogP contribution in [0.3, 0.4) is 0 Å². The summed E-state index contributed by atoms with van der Waals surface area (Å²) in [5.74, 6) is 0. The van der Waals surface area contributed by atoms with Crippen LogP contribution < -0.4 is 0 Å². The normalized spacial score (nSPS) is 9.00. The highest BCUT2D eigenvalue weighted by atomic mass is 15.1. The molecule has 0 heterocycles. The van der Waals surface area contributed by atoms with Gasteiger partial charge in [-0.25, -0.2) is 0 Å². The minimum atomic E-state index is 1.20. The van der Waals surface area contributed by atoms with E-state index in [1.54, 1.807) is 0 Å². The first-order valence-electron chi connectivity index (χ1n) is 4.57. The molecule has 0 aliphatic rings. The minimum Gasteiger partial charge on any atom is -0.304 e. The van der Waals surface area contributed by atoms with E-state index < -0.39 is 0 Å². The second kappa shape index (κ2) is 11.7. The molecule has 0 aliphatic heterocycles. The monoisotopic (exact) mass is 145 g/mol. The lowest BCUT2D eigenvalue weighted by Crippen LogP contribution is -2.23. The number of rotatable bonds is 4. The second-order valence-corrected chi connectivity index (χ2v) is 2.03. The van der Waals surface area contributed by atoms with Crippen molar-refractivity contribution in [2.45, 2.75) is 41.0 Å². The van der Waals surface area contributed by atoms with Gasteiger partial charge in [-0.05, 0) is 26.1 Å². The summed E-state index contributed by atoms with van der Waals surface area (Å²) in [6, 6.07) is 0. The minimum absolute atomic E-state index is 1.20. The fourth-order valence-corrected chi connectivity index (χ4v) is 0.856. The molecule has 0 amide bonds. The molecule has 0 rings (SSSR count). The average Bonchev–Trinajstić information content (AvgIpc) is 2.04. The van der Waals surface area contributed by atoms with Gasteiger partial charge in [0.15, 0.2) is 0 Å². The van der Waals surface area contributed by atoms with E-state index in [2.05, 4.69) is 25.7 Å². The van der Waals surface area contributed by atoms with Crippen LogP contribution in [0.25, 0.3) is 0 Å². The van der Waals surface area contributed by atoms with Crippen LogP contribution >= 0.6 is 0 Å². The summed E-state index contributed by atoms with van der Waals surface area (Å²) in [5, 5.41) is 0. The van der Waals surface area contributed by atoms with Crippen LogP contribution in [0.15, 0.2) is 0 Å². The third-order valence-electron chi connectivity index (χ3n) is 1.43. The predicted octanol–water partition coefficient (Wildman–Crippen LogP) is 2.76. The van der Waals surface area contributed by atoms with Gasteiger partial charge in [0.1, 0.15) is 0 Å². The van der Waals surface area contributed by atoms with Gasteiger partial charge in [-0.1, -0.05) is 34.6 Å². The molecule has 64 valence electrons. The lowest BCUT2D eigenvalue weighted by molar-refractivity contribution is 0.304. The molecule has 0 aromatic heterocycles. The molecule has 0 radical (unpaired) electrons. The van der Waals surface area contributed by atoms with Gasteiger partial charge < -0.3 is 4.90 Å². The maximum Gasteiger partial charge on any atom is -0.00216 e. The Kier molecular flexibility index (Phi) is 14.8. The zero-order valence-corrected chi connectivity index (χ0v) is 8.28. The third-order valence-corrected chi connectivity index (χ3v) is 1.43. The second-order valence-electron chi connectivity index (χ2n) is 2.03. The fraction of sp³-hybridized carbons (Fsp3) is 1.00. The molecule has 0 aliphatic carbocycles. The van der Waals surface area contributed by atoms with E-state index in [4.69, 9.17) is 0 Å². The highest BCUT2D eigenvalue weighted by Gasteiger charge is 1.92. The van der Waals surface area contributed by atoms with E-state index in [-0.39, 0.29) is 0 Å². The Hall–Kier alpha value is -0.0400. The summed E-state index contributed by atoms with van der Waals surface area (Å²) in [7, 11) is 0. The van der Waals surface area contributed by atoms with Crippen LogP contribution in [0, 0.1) is 0 Å². The molecule has 0 unspecified atom stereocenters. The quantitative estimate of drug-likeness (QED) is 0.588. The predicted molar refractivity (Wildman–Crippen MR) is 49.4 cm³/mol. The van der Waals surface area contributed by atoms with Crippen LogP contribution in [0.4, 0.5) is 0 Å². The number of hydrogen-bond donors (Lipinski definition) is 0. The summed E-state index contributed by atoms with van der Waals surface area (Å²) >= 11 is 0. The van der Waals surface area contributed by atoms with Crippen LogP contribution in [0.2, 0.25) is 0 Å². The van der Waals surface area contributed by atoms with Crippen molar-refractivity contribution in [1.82, 2.24) is 4.90 Å². The molecule has 0 fully saturated rings. The largest absolute Gasteiger partial charge is 0.304 e. The molecule has 0 saturated heterocycles. The van der Waals surface area contributed by atoms with Crippen molar-refractivity contribution in [2.75, 3.05) is 19.6 Å². The molecule has 0 saturated carbocycles. The van der Waals surface area contributed by atoms with Gasteiger partial charge in [0.05, 0.1) is 0 Å². The Balaban J connectivity index is 0. The molecule has 0 atom stereocenters. The van der Waals surface area contributed by atoms with Crippen LogP contribution in [-0.4, -0.2) is 24.5 Å². The molecule has 1 heteroatoms. The van der Waals surface area contributed by atoms with E-state index in [0.717, 1.165) is 0 Å². The summed E-state index contributed by atoms with van der Waals surface area (Å²) in [5.41, 5.74) is 0. The van der Waals surface area contributed by atoms with Gasteiger partial charge in [0, 0.05) is 0 Å². The third kappa shape index (κ3) is 7.96. The maximum atomic E-state index is 2.43. The topological polar surface area (TPSA) is 3.24 Å². The van der Waals surface area contributed by atoms with Gasteiger partial charge in [0.25, 0.3) is 0 Å². The first-order chi connectivity index (χ1) is 4.85. The average molecular weight is 145 g/mol. The summed E-state index contributed by atoms with van der Waals surface area (Å²) in [6.45, 7) is 14.3.